The molecule has 0 aliphatic heterocycles. The van der Waals surface area contributed by atoms with E-state index in [0.717, 1.165) is 24.4 Å². The molecule has 0 saturated carbocycles. The molecule has 0 aliphatic carbocycles. The van der Waals surface area contributed by atoms with Gasteiger partial charge in [-0.05, 0) is 31.4 Å². The predicted molar refractivity (Wildman–Crippen MR) is 78.7 cm³/mol. The summed E-state index contributed by atoms with van der Waals surface area (Å²) in [7, 11) is 1.66. The number of methoxy groups -OCH3 is 1. The van der Waals surface area contributed by atoms with Crippen molar-refractivity contribution in [3.8, 4) is 5.75 Å². The minimum absolute atomic E-state index is 0.153. The van der Waals surface area contributed by atoms with Crippen molar-refractivity contribution in [3.63, 3.8) is 0 Å². The molecule has 1 rings (SSSR count). The fourth-order valence-electron chi connectivity index (χ4n) is 2.12. The largest absolute Gasteiger partial charge is 0.496 e. The number of carbonyl (C=O) groups excluding carboxylic acids is 1. The Kier molecular flexibility index (Phi) is 5.87. The Balaban J connectivity index is 2.92. The molecule has 0 unspecified atom stereocenters. The first kappa shape index (κ1) is 15.5. The molecule has 0 fully saturated rings. The van der Waals surface area contributed by atoms with Crippen molar-refractivity contribution in [2.75, 3.05) is 20.2 Å². The molecule has 0 aliphatic rings. The lowest BCUT2D eigenvalue weighted by molar-refractivity contribution is -0.130. The Bertz CT molecular complexity index is 423. The topological polar surface area (TPSA) is 29.5 Å². The highest BCUT2D eigenvalue weighted by Gasteiger charge is 2.14. The predicted octanol–water partition coefficient (Wildman–Crippen LogP) is 3.23. The van der Waals surface area contributed by atoms with Crippen LogP contribution in [-0.2, 0) is 11.2 Å². The zero-order valence-electron chi connectivity index (χ0n) is 12.7. The average Bonchev–Trinajstić information content (AvgIpc) is 2.40. The molecule has 19 heavy (non-hydrogen) atoms. The molecular weight excluding hydrogens is 238 g/mol. The summed E-state index contributed by atoms with van der Waals surface area (Å²) in [6.45, 7) is 9.80. The maximum Gasteiger partial charge on any atom is 0.227 e. The van der Waals surface area contributed by atoms with E-state index in [0.29, 0.717) is 12.3 Å². The molecule has 1 amide bonds. The van der Waals surface area contributed by atoms with Gasteiger partial charge in [0, 0.05) is 18.7 Å². The van der Waals surface area contributed by atoms with E-state index in [9.17, 15) is 4.79 Å². The van der Waals surface area contributed by atoms with E-state index < -0.39 is 0 Å². The van der Waals surface area contributed by atoms with Gasteiger partial charge in [0.15, 0.2) is 0 Å². The van der Waals surface area contributed by atoms with Crippen LogP contribution in [0.2, 0.25) is 0 Å². The molecule has 1 aromatic rings. The fraction of sp³-hybridized carbons (Fsp3) is 0.562. The van der Waals surface area contributed by atoms with Gasteiger partial charge in [-0.1, -0.05) is 26.0 Å². The van der Waals surface area contributed by atoms with E-state index in [-0.39, 0.29) is 5.91 Å². The van der Waals surface area contributed by atoms with Gasteiger partial charge >= 0.3 is 0 Å². The van der Waals surface area contributed by atoms with Gasteiger partial charge in [0.25, 0.3) is 0 Å². The Morgan fingerprint density at radius 3 is 2.37 bits per heavy atom. The van der Waals surface area contributed by atoms with E-state index >= 15 is 0 Å². The highest BCUT2D eigenvalue weighted by atomic mass is 16.5. The molecule has 0 heterocycles. The molecular formula is C16H25NO2. The monoisotopic (exact) mass is 263 g/mol. The van der Waals surface area contributed by atoms with Gasteiger partial charge < -0.3 is 9.64 Å². The van der Waals surface area contributed by atoms with Gasteiger partial charge in [-0.2, -0.15) is 0 Å². The van der Waals surface area contributed by atoms with E-state index in [1.807, 2.05) is 30.9 Å². The van der Waals surface area contributed by atoms with Crippen LogP contribution in [-0.4, -0.2) is 31.0 Å². The van der Waals surface area contributed by atoms with Crippen LogP contribution in [0.25, 0.3) is 0 Å². The Morgan fingerprint density at radius 2 is 1.89 bits per heavy atom. The third-order valence-corrected chi connectivity index (χ3v) is 3.44. The van der Waals surface area contributed by atoms with Crippen molar-refractivity contribution >= 4 is 5.91 Å². The third-order valence-electron chi connectivity index (χ3n) is 3.44. The second kappa shape index (κ2) is 7.17. The van der Waals surface area contributed by atoms with Crippen LogP contribution < -0.4 is 4.74 Å². The lowest BCUT2D eigenvalue weighted by Crippen LogP contribution is -2.31. The minimum atomic E-state index is 0.153. The molecule has 3 nitrogen and oxygen atoms in total. The number of carbonyl (C=O) groups is 1. The van der Waals surface area contributed by atoms with E-state index in [2.05, 4.69) is 19.9 Å². The summed E-state index contributed by atoms with van der Waals surface area (Å²) in [6.07, 6.45) is 0.406. The van der Waals surface area contributed by atoms with Crippen LogP contribution in [0.15, 0.2) is 18.2 Å². The molecule has 0 atom stereocenters. The molecule has 1 aromatic carbocycles. The average molecular weight is 263 g/mol. The summed E-state index contributed by atoms with van der Waals surface area (Å²) in [5.74, 6) is 1.42. The van der Waals surface area contributed by atoms with Gasteiger partial charge in [-0.3, -0.25) is 4.79 Å². The fourth-order valence-corrected chi connectivity index (χ4v) is 2.12. The Hall–Kier alpha value is -1.51. The van der Waals surface area contributed by atoms with E-state index in [1.54, 1.807) is 7.11 Å². The molecule has 0 N–H and O–H groups in total. The highest BCUT2D eigenvalue weighted by Crippen LogP contribution is 2.25. The maximum absolute atomic E-state index is 12.1. The number of nitrogens with zero attached hydrogens (tertiary/aromatic N) is 1. The number of ether oxygens (including phenoxy) is 1. The van der Waals surface area contributed by atoms with Crippen LogP contribution >= 0.6 is 0 Å². The van der Waals surface area contributed by atoms with Gasteiger partial charge in [-0.25, -0.2) is 0 Å². The summed E-state index contributed by atoms with van der Waals surface area (Å²) in [5, 5.41) is 0. The second-order valence-electron chi connectivity index (χ2n) is 4.97. The number of hydrogen-bond donors (Lipinski definition) is 0. The van der Waals surface area contributed by atoms with Gasteiger partial charge in [0.2, 0.25) is 5.91 Å². The number of benzene rings is 1. The summed E-state index contributed by atoms with van der Waals surface area (Å²) >= 11 is 0. The van der Waals surface area contributed by atoms with Crippen molar-refractivity contribution in [2.45, 2.75) is 40.0 Å². The Labute approximate surface area is 116 Å². The molecule has 0 saturated heterocycles. The van der Waals surface area contributed by atoms with Crippen LogP contribution in [0.1, 0.15) is 44.7 Å². The summed E-state index contributed by atoms with van der Waals surface area (Å²) in [5.41, 5.74) is 2.19. The third kappa shape index (κ3) is 3.98. The molecule has 0 bridgehead atoms. The minimum Gasteiger partial charge on any atom is -0.496 e. The molecule has 0 spiro atoms. The lowest BCUT2D eigenvalue weighted by Gasteiger charge is -2.19. The van der Waals surface area contributed by atoms with Crippen LogP contribution in [0.4, 0.5) is 0 Å². The second-order valence-corrected chi connectivity index (χ2v) is 4.97. The highest BCUT2D eigenvalue weighted by molar-refractivity contribution is 5.79. The standard InChI is InChI=1S/C16H25NO2/c1-6-17(7-2)16(18)11-14-9-8-13(12(3)4)10-15(14)19-5/h8-10,12H,6-7,11H2,1-5H3. The van der Waals surface area contributed by atoms with Crippen molar-refractivity contribution in [3.05, 3.63) is 29.3 Å². The van der Waals surface area contributed by atoms with Crippen LogP contribution in [0.3, 0.4) is 0 Å². The van der Waals surface area contributed by atoms with Crippen LogP contribution in [0, 0.1) is 0 Å². The zero-order chi connectivity index (χ0) is 14.4. The van der Waals surface area contributed by atoms with Gasteiger partial charge in [0.1, 0.15) is 5.75 Å². The van der Waals surface area contributed by atoms with Crippen molar-refractivity contribution in [1.82, 2.24) is 4.90 Å². The number of likely N-dealkylation sites (N-methyl/N-ethyl adjacent to an activating group) is 1. The quantitative estimate of drug-likeness (QED) is 0.788. The van der Waals surface area contributed by atoms with Crippen molar-refractivity contribution in [1.29, 1.82) is 0 Å². The zero-order valence-corrected chi connectivity index (χ0v) is 12.7. The lowest BCUT2D eigenvalue weighted by atomic mass is 9.99. The van der Waals surface area contributed by atoms with Crippen LogP contribution in [0.5, 0.6) is 5.75 Å². The number of hydrogen-bond acceptors (Lipinski definition) is 2. The first-order valence-electron chi connectivity index (χ1n) is 6.98. The molecule has 106 valence electrons. The SMILES string of the molecule is CCN(CC)C(=O)Cc1ccc(C(C)C)cc1OC. The number of rotatable bonds is 6. The summed E-state index contributed by atoms with van der Waals surface area (Å²) in [4.78, 5) is 14.0. The van der Waals surface area contributed by atoms with E-state index in [1.165, 1.54) is 5.56 Å². The van der Waals surface area contributed by atoms with Gasteiger partial charge in [0.05, 0.1) is 13.5 Å². The summed E-state index contributed by atoms with van der Waals surface area (Å²) < 4.78 is 5.41. The first-order chi connectivity index (χ1) is 9.03. The normalized spacial score (nSPS) is 10.6. The smallest absolute Gasteiger partial charge is 0.227 e. The van der Waals surface area contributed by atoms with Gasteiger partial charge in [-0.15, -0.1) is 0 Å². The van der Waals surface area contributed by atoms with Crippen molar-refractivity contribution in [2.24, 2.45) is 0 Å². The Morgan fingerprint density at radius 1 is 1.26 bits per heavy atom. The summed E-state index contributed by atoms with van der Waals surface area (Å²) in [6, 6.07) is 6.13. The molecule has 0 aromatic heterocycles. The maximum atomic E-state index is 12.1. The number of amides is 1. The first-order valence-corrected chi connectivity index (χ1v) is 6.98. The van der Waals surface area contributed by atoms with E-state index in [4.69, 9.17) is 4.74 Å². The molecule has 0 radical (unpaired) electrons. The molecule has 3 heteroatoms. The van der Waals surface area contributed by atoms with Crippen molar-refractivity contribution < 1.29 is 9.53 Å².